The zero-order valence-corrected chi connectivity index (χ0v) is 13.0. The number of pyridine rings is 1. The van der Waals surface area contributed by atoms with Gasteiger partial charge in [-0.3, -0.25) is 9.78 Å². The highest BCUT2D eigenvalue weighted by Gasteiger charge is 2.38. The van der Waals surface area contributed by atoms with Gasteiger partial charge in [-0.2, -0.15) is 0 Å². The van der Waals surface area contributed by atoms with Crippen molar-refractivity contribution in [3.05, 3.63) is 36.3 Å². The van der Waals surface area contributed by atoms with Gasteiger partial charge >= 0.3 is 0 Å². The van der Waals surface area contributed by atoms with Gasteiger partial charge in [-0.1, -0.05) is 5.16 Å². The van der Waals surface area contributed by atoms with Crippen LogP contribution in [0.3, 0.4) is 0 Å². The number of carbonyl (C=O) groups is 1. The predicted molar refractivity (Wildman–Crippen MR) is 84.8 cm³/mol. The van der Waals surface area contributed by atoms with E-state index >= 15 is 0 Å². The first-order chi connectivity index (χ1) is 11.3. The van der Waals surface area contributed by atoms with E-state index in [0.717, 1.165) is 44.6 Å². The topological polar surface area (TPSA) is 71.3 Å². The van der Waals surface area contributed by atoms with Gasteiger partial charge in [0.05, 0.1) is 0 Å². The van der Waals surface area contributed by atoms with Crippen LogP contribution in [0.1, 0.15) is 29.8 Å². The second-order valence-corrected chi connectivity index (χ2v) is 6.53. The molecule has 1 spiro atoms. The standard InChI is InChI=1S/C17H20N4O2/c22-16(21-9-4-17(5-10-21)3-8-19-12-17)14-11-15(23-20-14)13-1-6-18-7-2-13/h1-2,6-7,11,19H,3-5,8-10,12H2. The molecule has 2 aliphatic rings. The molecule has 0 aliphatic carbocycles. The largest absolute Gasteiger partial charge is 0.355 e. The first-order valence-electron chi connectivity index (χ1n) is 8.13. The maximum absolute atomic E-state index is 12.6. The Morgan fingerprint density at radius 3 is 2.70 bits per heavy atom. The summed E-state index contributed by atoms with van der Waals surface area (Å²) in [5.41, 5.74) is 1.67. The number of piperidine rings is 1. The molecule has 2 saturated heterocycles. The molecule has 0 bridgehead atoms. The first-order valence-corrected chi connectivity index (χ1v) is 8.13. The first kappa shape index (κ1) is 14.4. The average Bonchev–Trinajstić information content (AvgIpc) is 3.26. The number of hydrogen-bond acceptors (Lipinski definition) is 5. The van der Waals surface area contributed by atoms with Crippen molar-refractivity contribution in [2.45, 2.75) is 19.3 Å². The van der Waals surface area contributed by atoms with Crippen molar-refractivity contribution in [1.29, 1.82) is 0 Å². The van der Waals surface area contributed by atoms with Crippen LogP contribution in [0.25, 0.3) is 11.3 Å². The van der Waals surface area contributed by atoms with Gasteiger partial charge in [0, 0.05) is 43.7 Å². The van der Waals surface area contributed by atoms with Crippen molar-refractivity contribution in [2.24, 2.45) is 5.41 Å². The molecule has 0 unspecified atom stereocenters. The van der Waals surface area contributed by atoms with Gasteiger partial charge in [0.15, 0.2) is 11.5 Å². The maximum Gasteiger partial charge on any atom is 0.276 e. The smallest absolute Gasteiger partial charge is 0.276 e. The summed E-state index contributed by atoms with van der Waals surface area (Å²) < 4.78 is 5.32. The van der Waals surface area contributed by atoms with Gasteiger partial charge in [-0.15, -0.1) is 0 Å². The summed E-state index contributed by atoms with van der Waals surface area (Å²) in [5, 5.41) is 7.40. The lowest BCUT2D eigenvalue weighted by atomic mass is 9.78. The zero-order valence-electron chi connectivity index (χ0n) is 13.0. The van der Waals surface area contributed by atoms with E-state index in [0.29, 0.717) is 16.9 Å². The number of nitrogens with one attached hydrogen (secondary N) is 1. The number of aromatic nitrogens is 2. The molecule has 2 fully saturated rings. The van der Waals surface area contributed by atoms with Crippen LogP contribution in [0.4, 0.5) is 0 Å². The Labute approximate surface area is 134 Å². The lowest BCUT2D eigenvalue weighted by molar-refractivity contribution is 0.0598. The minimum absolute atomic E-state index is 0.0325. The Morgan fingerprint density at radius 2 is 2.00 bits per heavy atom. The molecule has 0 aromatic carbocycles. The number of hydrogen-bond donors (Lipinski definition) is 1. The van der Waals surface area contributed by atoms with Crippen molar-refractivity contribution in [2.75, 3.05) is 26.2 Å². The van der Waals surface area contributed by atoms with E-state index in [1.807, 2.05) is 17.0 Å². The summed E-state index contributed by atoms with van der Waals surface area (Å²) in [5.74, 6) is 0.569. The lowest BCUT2D eigenvalue weighted by Gasteiger charge is -2.38. The van der Waals surface area contributed by atoms with E-state index in [9.17, 15) is 4.79 Å². The summed E-state index contributed by atoms with van der Waals surface area (Å²) in [6, 6.07) is 5.40. The van der Waals surface area contributed by atoms with Gasteiger partial charge in [-0.25, -0.2) is 0 Å². The molecule has 1 N–H and O–H groups in total. The van der Waals surface area contributed by atoms with Crippen LogP contribution in [-0.2, 0) is 0 Å². The third kappa shape index (κ3) is 2.74. The van der Waals surface area contributed by atoms with Crippen LogP contribution in [0.5, 0.6) is 0 Å². The minimum atomic E-state index is -0.0325. The van der Waals surface area contributed by atoms with Gasteiger partial charge in [-0.05, 0) is 43.4 Å². The third-order valence-electron chi connectivity index (χ3n) is 5.14. The van der Waals surface area contributed by atoms with Crippen molar-refractivity contribution in [1.82, 2.24) is 20.4 Å². The number of likely N-dealkylation sites (tertiary alicyclic amines) is 1. The van der Waals surface area contributed by atoms with Crippen molar-refractivity contribution >= 4 is 5.91 Å². The van der Waals surface area contributed by atoms with E-state index in [1.54, 1.807) is 18.5 Å². The van der Waals surface area contributed by atoms with Gasteiger partial charge in [0.1, 0.15) is 0 Å². The van der Waals surface area contributed by atoms with E-state index in [2.05, 4.69) is 15.5 Å². The van der Waals surface area contributed by atoms with E-state index in [4.69, 9.17) is 4.52 Å². The molecule has 23 heavy (non-hydrogen) atoms. The fourth-order valence-corrected chi connectivity index (χ4v) is 3.60. The SMILES string of the molecule is O=C(c1cc(-c2ccncc2)on1)N1CCC2(CCNC2)CC1. The van der Waals surface area contributed by atoms with E-state index in [-0.39, 0.29) is 5.91 Å². The second kappa shape index (κ2) is 5.77. The number of carbonyl (C=O) groups excluding carboxylic acids is 1. The van der Waals surface area contributed by atoms with Gasteiger partial charge < -0.3 is 14.7 Å². The Bertz CT molecular complexity index is 682. The quantitative estimate of drug-likeness (QED) is 0.918. The average molecular weight is 312 g/mol. The van der Waals surface area contributed by atoms with Crippen LogP contribution in [-0.4, -0.2) is 47.1 Å². The fraction of sp³-hybridized carbons (Fsp3) is 0.471. The number of amides is 1. The summed E-state index contributed by atoms with van der Waals surface area (Å²) in [4.78, 5) is 18.5. The molecule has 0 saturated carbocycles. The molecule has 1 amide bonds. The molecular weight excluding hydrogens is 292 g/mol. The Hall–Kier alpha value is -2.21. The molecule has 4 heterocycles. The van der Waals surface area contributed by atoms with Crippen LogP contribution in [0.2, 0.25) is 0 Å². The Kier molecular flexibility index (Phi) is 3.61. The highest BCUT2D eigenvalue weighted by Crippen LogP contribution is 2.37. The lowest BCUT2D eigenvalue weighted by Crippen LogP contribution is -2.44. The van der Waals surface area contributed by atoms with Gasteiger partial charge in [0.2, 0.25) is 0 Å². The highest BCUT2D eigenvalue weighted by atomic mass is 16.5. The summed E-state index contributed by atoms with van der Waals surface area (Å²) in [6.07, 6.45) is 6.75. The molecule has 6 nitrogen and oxygen atoms in total. The van der Waals surface area contributed by atoms with E-state index in [1.165, 1.54) is 6.42 Å². The van der Waals surface area contributed by atoms with Crippen molar-refractivity contribution < 1.29 is 9.32 Å². The van der Waals surface area contributed by atoms with Crippen LogP contribution >= 0.6 is 0 Å². The van der Waals surface area contributed by atoms with Crippen LogP contribution < -0.4 is 5.32 Å². The molecule has 0 radical (unpaired) electrons. The Morgan fingerprint density at radius 1 is 1.22 bits per heavy atom. The second-order valence-electron chi connectivity index (χ2n) is 6.53. The van der Waals surface area contributed by atoms with Crippen LogP contribution in [0, 0.1) is 5.41 Å². The van der Waals surface area contributed by atoms with Gasteiger partial charge in [0.25, 0.3) is 5.91 Å². The Balaban J connectivity index is 1.45. The van der Waals surface area contributed by atoms with E-state index < -0.39 is 0 Å². The van der Waals surface area contributed by atoms with Crippen LogP contribution in [0.15, 0.2) is 35.1 Å². The fourth-order valence-electron chi connectivity index (χ4n) is 3.60. The molecular formula is C17H20N4O2. The monoisotopic (exact) mass is 312 g/mol. The summed E-state index contributed by atoms with van der Waals surface area (Å²) in [6.45, 7) is 3.80. The van der Waals surface area contributed by atoms with Crippen molar-refractivity contribution in [3.63, 3.8) is 0 Å². The normalized spacial score (nSPS) is 20.1. The number of nitrogens with zero attached hydrogens (tertiary/aromatic N) is 3. The molecule has 120 valence electrons. The molecule has 2 aromatic rings. The molecule has 4 rings (SSSR count). The summed E-state index contributed by atoms with van der Waals surface area (Å²) in [7, 11) is 0. The van der Waals surface area contributed by atoms with Crippen molar-refractivity contribution in [3.8, 4) is 11.3 Å². The maximum atomic E-state index is 12.6. The third-order valence-corrected chi connectivity index (χ3v) is 5.14. The minimum Gasteiger partial charge on any atom is -0.355 e. The molecule has 0 atom stereocenters. The predicted octanol–water partition coefficient (Wildman–Crippen LogP) is 1.95. The zero-order chi connectivity index (χ0) is 15.7. The number of rotatable bonds is 2. The molecule has 2 aliphatic heterocycles. The summed E-state index contributed by atoms with van der Waals surface area (Å²) >= 11 is 0. The molecule has 2 aromatic heterocycles. The molecule has 6 heteroatoms. The highest BCUT2D eigenvalue weighted by molar-refractivity contribution is 5.93.